The molecule has 1 fully saturated rings. The SMILES string of the molecule is CCOC(=O)c1[nH]c(=O)c2c(C)[nH]cc2c1-c1cc(F)ccc1OCC1CC1. The van der Waals surface area contributed by atoms with Crippen LogP contribution in [0.5, 0.6) is 5.75 Å². The highest BCUT2D eigenvalue weighted by Gasteiger charge is 2.26. The van der Waals surface area contributed by atoms with Crippen molar-refractivity contribution in [2.24, 2.45) is 5.92 Å². The molecule has 0 spiro atoms. The molecule has 4 rings (SSSR count). The number of carbonyl (C=O) groups excluding carboxylic acids is 1. The highest BCUT2D eigenvalue weighted by atomic mass is 19.1. The second-order valence-electron chi connectivity index (χ2n) is 7.02. The van der Waals surface area contributed by atoms with E-state index in [4.69, 9.17) is 9.47 Å². The second kappa shape index (κ2) is 7.14. The predicted octanol–water partition coefficient (Wildman–Crippen LogP) is 3.94. The Morgan fingerprint density at radius 1 is 1.32 bits per heavy atom. The molecule has 3 aromatic rings. The molecule has 0 aliphatic heterocycles. The number of aryl methyl sites for hydroxylation is 1. The van der Waals surface area contributed by atoms with Crippen molar-refractivity contribution in [3.05, 3.63) is 52.0 Å². The van der Waals surface area contributed by atoms with Crippen molar-refractivity contribution in [2.45, 2.75) is 26.7 Å². The summed E-state index contributed by atoms with van der Waals surface area (Å²) in [6, 6.07) is 4.19. The van der Waals surface area contributed by atoms with Crippen molar-refractivity contribution in [2.75, 3.05) is 13.2 Å². The largest absolute Gasteiger partial charge is 0.493 e. The molecule has 28 heavy (non-hydrogen) atoms. The van der Waals surface area contributed by atoms with Crippen LogP contribution in [-0.4, -0.2) is 29.2 Å². The van der Waals surface area contributed by atoms with Gasteiger partial charge in [-0.25, -0.2) is 9.18 Å². The predicted molar refractivity (Wildman–Crippen MR) is 103 cm³/mol. The fourth-order valence-electron chi connectivity index (χ4n) is 3.34. The van der Waals surface area contributed by atoms with E-state index in [1.54, 1.807) is 26.1 Å². The van der Waals surface area contributed by atoms with E-state index in [1.807, 2.05) is 0 Å². The minimum absolute atomic E-state index is 0.0137. The Kier molecular flexibility index (Phi) is 4.66. The lowest BCUT2D eigenvalue weighted by Crippen LogP contribution is -2.17. The zero-order valence-electron chi connectivity index (χ0n) is 15.7. The fraction of sp³-hybridized carbons (Fsp3) is 0.333. The second-order valence-corrected chi connectivity index (χ2v) is 7.02. The van der Waals surface area contributed by atoms with Gasteiger partial charge in [0.15, 0.2) is 0 Å². The van der Waals surface area contributed by atoms with Gasteiger partial charge < -0.3 is 19.4 Å². The highest BCUT2D eigenvalue weighted by molar-refractivity contribution is 6.07. The van der Waals surface area contributed by atoms with Crippen LogP contribution in [0, 0.1) is 18.7 Å². The van der Waals surface area contributed by atoms with Gasteiger partial charge in [0, 0.05) is 28.4 Å². The molecule has 7 heteroatoms. The zero-order chi connectivity index (χ0) is 19.8. The molecule has 2 N–H and O–H groups in total. The Hall–Kier alpha value is -3.09. The summed E-state index contributed by atoms with van der Waals surface area (Å²) in [7, 11) is 0. The molecule has 0 radical (unpaired) electrons. The molecule has 0 unspecified atom stereocenters. The van der Waals surface area contributed by atoms with Gasteiger partial charge in [-0.05, 0) is 50.8 Å². The van der Waals surface area contributed by atoms with Crippen LogP contribution in [-0.2, 0) is 4.74 Å². The summed E-state index contributed by atoms with van der Waals surface area (Å²) in [5.41, 5.74) is 1.04. The minimum Gasteiger partial charge on any atom is -0.493 e. The zero-order valence-corrected chi connectivity index (χ0v) is 15.7. The summed E-state index contributed by atoms with van der Waals surface area (Å²) >= 11 is 0. The third kappa shape index (κ3) is 3.28. The molecule has 1 aliphatic carbocycles. The third-order valence-corrected chi connectivity index (χ3v) is 4.92. The van der Waals surface area contributed by atoms with Gasteiger partial charge in [0.25, 0.3) is 5.56 Å². The number of aromatic amines is 2. The van der Waals surface area contributed by atoms with Gasteiger partial charge in [-0.15, -0.1) is 0 Å². The number of nitrogens with one attached hydrogen (secondary N) is 2. The van der Waals surface area contributed by atoms with Gasteiger partial charge >= 0.3 is 5.97 Å². The van der Waals surface area contributed by atoms with E-state index in [2.05, 4.69) is 9.97 Å². The smallest absolute Gasteiger partial charge is 0.355 e. The molecular formula is C21H21FN2O4. The number of rotatable bonds is 6. The number of aromatic nitrogens is 2. The van der Waals surface area contributed by atoms with Crippen molar-refractivity contribution in [1.29, 1.82) is 0 Å². The van der Waals surface area contributed by atoms with Gasteiger partial charge in [0.05, 0.1) is 18.6 Å². The maximum Gasteiger partial charge on any atom is 0.355 e. The number of H-pyrrole nitrogens is 2. The first-order valence-electron chi connectivity index (χ1n) is 9.33. The highest BCUT2D eigenvalue weighted by Crippen LogP contribution is 2.39. The standard InChI is InChI=1S/C21H21FN2O4/c1-3-27-21(26)19-18(15-9-23-11(2)17(15)20(25)24-19)14-8-13(22)6-7-16(14)28-10-12-4-5-12/h6-9,12,23H,3-5,10H2,1-2H3,(H,24,25). The van der Waals surface area contributed by atoms with E-state index in [1.165, 1.54) is 12.1 Å². The third-order valence-electron chi connectivity index (χ3n) is 4.92. The van der Waals surface area contributed by atoms with Gasteiger partial charge in [-0.3, -0.25) is 4.79 Å². The van der Waals surface area contributed by atoms with Crippen molar-refractivity contribution in [3.8, 4) is 16.9 Å². The molecule has 6 nitrogen and oxygen atoms in total. The molecule has 0 amide bonds. The molecular weight excluding hydrogens is 363 g/mol. The summed E-state index contributed by atoms with van der Waals surface area (Å²) in [5, 5.41) is 0.937. The lowest BCUT2D eigenvalue weighted by atomic mass is 9.98. The first-order valence-corrected chi connectivity index (χ1v) is 9.33. The van der Waals surface area contributed by atoms with Crippen molar-refractivity contribution >= 4 is 16.7 Å². The topological polar surface area (TPSA) is 84.2 Å². The van der Waals surface area contributed by atoms with Crippen molar-refractivity contribution < 1.29 is 18.7 Å². The summed E-state index contributed by atoms with van der Waals surface area (Å²) in [6.45, 7) is 4.13. The number of hydrogen-bond acceptors (Lipinski definition) is 4. The number of esters is 1. The van der Waals surface area contributed by atoms with Gasteiger partial charge in [0.2, 0.25) is 0 Å². The first kappa shape index (κ1) is 18.3. The van der Waals surface area contributed by atoms with Gasteiger partial charge in [0.1, 0.15) is 17.3 Å². The van der Waals surface area contributed by atoms with E-state index in [0.717, 1.165) is 12.8 Å². The molecule has 0 saturated heterocycles. The lowest BCUT2D eigenvalue weighted by molar-refractivity contribution is 0.0520. The van der Waals surface area contributed by atoms with Crippen LogP contribution in [0.4, 0.5) is 4.39 Å². The van der Waals surface area contributed by atoms with Crippen LogP contribution < -0.4 is 10.3 Å². The fourth-order valence-corrected chi connectivity index (χ4v) is 3.34. The Balaban J connectivity index is 1.97. The molecule has 2 aromatic heterocycles. The average Bonchev–Trinajstić information content (AvgIpc) is 3.41. The molecule has 0 atom stereocenters. The number of pyridine rings is 1. The molecule has 1 aliphatic rings. The van der Waals surface area contributed by atoms with Crippen molar-refractivity contribution in [3.63, 3.8) is 0 Å². The van der Waals surface area contributed by atoms with E-state index >= 15 is 0 Å². The number of halogens is 1. The molecule has 1 aromatic carbocycles. The average molecular weight is 384 g/mol. The Morgan fingerprint density at radius 2 is 2.11 bits per heavy atom. The van der Waals surface area contributed by atoms with Gasteiger partial charge in [-0.2, -0.15) is 0 Å². The minimum atomic E-state index is -0.673. The Bertz CT molecular complexity index is 1110. The van der Waals surface area contributed by atoms with E-state index in [9.17, 15) is 14.0 Å². The van der Waals surface area contributed by atoms with Gasteiger partial charge in [-0.1, -0.05) is 0 Å². The number of benzene rings is 1. The maximum atomic E-state index is 14.2. The Morgan fingerprint density at radius 3 is 2.82 bits per heavy atom. The normalized spacial score (nSPS) is 13.7. The van der Waals surface area contributed by atoms with Crippen LogP contribution in [0.3, 0.4) is 0 Å². The summed E-state index contributed by atoms with van der Waals surface area (Å²) in [4.78, 5) is 30.8. The van der Waals surface area contributed by atoms with Crippen LogP contribution >= 0.6 is 0 Å². The molecule has 2 heterocycles. The van der Waals surface area contributed by atoms with Crippen LogP contribution in [0.1, 0.15) is 35.9 Å². The molecule has 0 bridgehead atoms. The number of hydrogen-bond donors (Lipinski definition) is 2. The Labute approximate surface area is 160 Å². The molecule has 146 valence electrons. The van der Waals surface area contributed by atoms with Crippen LogP contribution in [0.15, 0.2) is 29.2 Å². The van der Waals surface area contributed by atoms with E-state index in [-0.39, 0.29) is 12.3 Å². The number of fused-ring (bicyclic) bond motifs is 1. The van der Waals surface area contributed by atoms with E-state index in [0.29, 0.717) is 45.9 Å². The number of carbonyl (C=O) groups is 1. The molecule has 1 saturated carbocycles. The van der Waals surface area contributed by atoms with E-state index < -0.39 is 17.3 Å². The summed E-state index contributed by atoms with van der Waals surface area (Å²) in [6.07, 6.45) is 3.88. The quantitative estimate of drug-likeness (QED) is 0.631. The monoisotopic (exact) mass is 384 g/mol. The maximum absolute atomic E-state index is 14.2. The summed E-state index contributed by atoms with van der Waals surface area (Å²) < 4.78 is 25.2. The van der Waals surface area contributed by atoms with Crippen LogP contribution in [0.2, 0.25) is 0 Å². The van der Waals surface area contributed by atoms with Crippen LogP contribution in [0.25, 0.3) is 21.9 Å². The first-order chi connectivity index (χ1) is 13.5. The lowest BCUT2D eigenvalue weighted by Gasteiger charge is -2.15. The van der Waals surface area contributed by atoms with Crippen molar-refractivity contribution in [1.82, 2.24) is 9.97 Å². The summed E-state index contributed by atoms with van der Waals surface area (Å²) in [5.74, 6) is -0.165. The number of ether oxygens (including phenoxy) is 2.